The molecule has 0 fully saturated rings. The van der Waals surface area contributed by atoms with Crippen LogP contribution < -0.4 is 5.32 Å². The van der Waals surface area contributed by atoms with Gasteiger partial charge in [0.1, 0.15) is 0 Å². The van der Waals surface area contributed by atoms with Gasteiger partial charge in [-0.15, -0.1) is 0 Å². The van der Waals surface area contributed by atoms with E-state index >= 15 is 0 Å². The van der Waals surface area contributed by atoms with Gasteiger partial charge in [-0.1, -0.05) is 41.9 Å². The number of hydrogen-bond acceptors (Lipinski definition) is 3. The summed E-state index contributed by atoms with van der Waals surface area (Å²) in [5, 5.41) is 3.09. The van der Waals surface area contributed by atoms with Gasteiger partial charge in [0.25, 0.3) is 5.91 Å². The number of carbonyl (C=O) groups is 2. The van der Waals surface area contributed by atoms with Crippen molar-refractivity contribution < 1.29 is 14.3 Å². The first kappa shape index (κ1) is 17.0. The zero-order valence-electron chi connectivity index (χ0n) is 13.2. The highest BCUT2D eigenvalue weighted by Crippen LogP contribution is 2.20. The number of ether oxygens (including phenoxy) is 1. The number of nitrogens with one attached hydrogen (secondary N) is 1. The smallest absolute Gasteiger partial charge is 0.340 e. The monoisotopic (exact) mass is 331 g/mol. The van der Waals surface area contributed by atoms with Crippen LogP contribution in [0, 0.1) is 13.8 Å². The predicted molar refractivity (Wildman–Crippen MR) is 90.9 cm³/mol. The molecule has 0 spiro atoms. The number of benzene rings is 2. The Morgan fingerprint density at radius 3 is 2.26 bits per heavy atom. The Labute approximate surface area is 140 Å². The normalized spacial score (nSPS) is 11.7. The largest absolute Gasteiger partial charge is 0.449 e. The van der Waals surface area contributed by atoms with Crippen LogP contribution >= 0.6 is 11.6 Å². The van der Waals surface area contributed by atoms with Gasteiger partial charge in [0.2, 0.25) is 0 Å². The Morgan fingerprint density at radius 2 is 1.65 bits per heavy atom. The van der Waals surface area contributed by atoms with Crippen molar-refractivity contribution in [2.75, 3.05) is 5.32 Å². The molecule has 1 N–H and O–H groups in total. The summed E-state index contributed by atoms with van der Waals surface area (Å²) >= 11 is 5.95. The number of aryl methyl sites for hydroxylation is 2. The molecule has 2 aromatic carbocycles. The van der Waals surface area contributed by atoms with Gasteiger partial charge < -0.3 is 10.1 Å². The van der Waals surface area contributed by atoms with E-state index in [-0.39, 0.29) is 11.5 Å². The van der Waals surface area contributed by atoms with Crippen LogP contribution in [0.5, 0.6) is 0 Å². The van der Waals surface area contributed by atoms with Crippen LogP contribution in [0.25, 0.3) is 0 Å². The number of rotatable bonds is 4. The van der Waals surface area contributed by atoms with Crippen LogP contribution in [0.4, 0.5) is 5.69 Å². The second-order valence-corrected chi connectivity index (χ2v) is 5.69. The Morgan fingerprint density at radius 1 is 1.04 bits per heavy atom. The molecule has 0 aliphatic carbocycles. The second-order valence-electron chi connectivity index (χ2n) is 5.28. The number of carbonyl (C=O) groups excluding carboxylic acids is 2. The molecular weight excluding hydrogens is 314 g/mol. The lowest BCUT2D eigenvalue weighted by Crippen LogP contribution is -2.30. The number of halogens is 1. The molecule has 0 aliphatic rings. The Kier molecular flexibility index (Phi) is 5.40. The fourth-order valence-corrected chi connectivity index (χ4v) is 2.35. The molecule has 0 saturated carbocycles. The minimum atomic E-state index is -0.933. The summed E-state index contributed by atoms with van der Waals surface area (Å²) in [5.74, 6) is -1.01. The van der Waals surface area contributed by atoms with Crippen LogP contribution in [0.1, 0.15) is 28.4 Å². The first-order chi connectivity index (χ1) is 10.9. The molecule has 1 atom stereocenters. The van der Waals surface area contributed by atoms with Crippen LogP contribution in [0.2, 0.25) is 5.02 Å². The van der Waals surface area contributed by atoms with E-state index in [1.165, 1.54) is 6.92 Å². The Bertz CT molecular complexity index is 723. The second kappa shape index (κ2) is 7.29. The quantitative estimate of drug-likeness (QED) is 0.857. The standard InChI is InChI=1S/C18H18ClNO3/c1-11-7-6-8-12(2)16(11)20-17(21)13(3)23-18(22)14-9-4-5-10-15(14)19/h4-10,13H,1-3H3,(H,20,21). The number of hydrogen-bond donors (Lipinski definition) is 1. The summed E-state index contributed by atoms with van der Waals surface area (Å²) in [6.07, 6.45) is -0.933. The highest BCUT2D eigenvalue weighted by molar-refractivity contribution is 6.33. The number of esters is 1. The van der Waals surface area contributed by atoms with Crippen molar-refractivity contribution in [3.8, 4) is 0 Å². The van der Waals surface area contributed by atoms with E-state index in [2.05, 4.69) is 5.32 Å². The van der Waals surface area contributed by atoms with Gasteiger partial charge in [-0.05, 0) is 44.0 Å². The molecule has 2 rings (SSSR count). The highest BCUT2D eigenvalue weighted by Gasteiger charge is 2.21. The fourth-order valence-electron chi connectivity index (χ4n) is 2.14. The van der Waals surface area contributed by atoms with E-state index in [1.807, 2.05) is 32.0 Å². The molecule has 4 nitrogen and oxygen atoms in total. The van der Waals surface area contributed by atoms with Crippen LogP contribution in [0.15, 0.2) is 42.5 Å². The first-order valence-electron chi connectivity index (χ1n) is 7.22. The van der Waals surface area contributed by atoms with Crippen molar-refractivity contribution in [3.63, 3.8) is 0 Å². The number of anilines is 1. The Balaban J connectivity index is 2.06. The average molecular weight is 332 g/mol. The summed E-state index contributed by atoms with van der Waals surface area (Å²) in [5.41, 5.74) is 2.87. The molecule has 0 radical (unpaired) electrons. The van der Waals surface area contributed by atoms with E-state index in [9.17, 15) is 9.59 Å². The highest BCUT2D eigenvalue weighted by atomic mass is 35.5. The third-order valence-electron chi connectivity index (χ3n) is 3.48. The maximum absolute atomic E-state index is 12.2. The molecule has 0 heterocycles. The Hall–Kier alpha value is -2.33. The van der Waals surface area contributed by atoms with Crippen molar-refractivity contribution in [2.24, 2.45) is 0 Å². The van der Waals surface area contributed by atoms with E-state index in [1.54, 1.807) is 24.3 Å². The summed E-state index contributed by atoms with van der Waals surface area (Å²) < 4.78 is 5.20. The minimum Gasteiger partial charge on any atom is -0.449 e. The molecule has 1 unspecified atom stereocenters. The van der Waals surface area contributed by atoms with Gasteiger partial charge in [0.05, 0.1) is 10.6 Å². The maximum Gasteiger partial charge on any atom is 0.340 e. The van der Waals surface area contributed by atoms with E-state index in [0.717, 1.165) is 16.8 Å². The van der Waals surface area contributed by atoms with Crippen molar-refractivity contribution in [1.82, 2.24) is 0 Å². The third-order valence-corrected chi connectivity index (χ3v) is 3.81. The molecule has 23 heavy (non-hydrogen) atoms. The van der Waals surface area contributed by atoms with Crippen molar-refractivity contribution in [1.29, 1.82) is 0 Å². The minimum absolute atomic E-state index is 0.237. The zero-order chi connectivity index (χ0) is 17.0. The summed E-state index contributed by atoms with van der Waals surface area (Å²) in [4.78, 5) is 24.3. The van der Waals surface area contributed by atoms with Crippen LogP contribution in [0.3, 0.4) is 0 Å². The number of para-hydroxylation sites is 1. The topological polar surface area (TPSA) is 55.4 Å². The van der Waals surface area contributed by atoms with Crippen molar-refractivity contribution in [3.05, 3.63) is 64.2 Å². The molecule has 0 saturated heterocycles. The molecule has 120 valence electrons. The maximum atomic E-state index is 12.2. The van der Waals surface area contributed by atoms with E-state index < -0.39 is 12.1 Å². The summed E-state index contributed by atoms with van der Waals surface area (Å²) in [6.45, 7) is 5.34. The van der Waals surface area contributed by atoms with Gasteiger partial charge >= 0.3 is 5.97 Å². The van der Waals surface area contributed by atoms with Crippen LogP contribution in [-0.4, -0.2) is 18.0 Å². The number of amides is 1. The lowest BCUT2D eigenvalue weighted by Gasteiger charge is -2.16. The van der Waals surface area contributed by atoms with Gasteiger partial charge in [-0.3, -0.25) is 4.79 Å². The zero-order valence-corrected chi connectivity index (χ0v) is 14.0. The van der Waals surface area contributed by atoms with Crippen molar-refractivity contribution >= 4 is 29.2 Å². The van der Waals surface area contributed by atoms with Gasteiger partial charge in [0.15, 0.2) is 6.10 Å². The molecular formula is C18H18ClNO3. The lowest BCUT2D eigenvalue weighted by molar-refractivity contribution is -0.123. The van der Waals surface area contributed by atoms with Gasteiger partial charge in [-0.25, -0.2) is 4.79 Å². The molecule has 1 amide bonds. The summed E-state index contributed by atoms with van der Waals surface area (Å²) in [7, 11) is 0. The third kappa shape index (κ3) is 4.11. The van der Waals surface area contributed by atoms with E-state index in [4.69, 9.17) is 16.3 Å². The SMILES string of the molecule is Cc1cccc(C)c1NC(=O)C(C)OC(=O)c1ccccc1Cl. The average Bonchev–Trinajstić information content (AvgIpc) is 2.51. The first-order valence-corrected chi connectivity index (χ1v) is 7.60. The summed E-state index contributed by atoms with van der Waals surface area (Å²) in [6, 6.07) is 12.3. The molecule has 0 aromatic heterocycles. The lowest BCUT2D eigenvalue weighted by atomic mass is 10.1. The molecule has 2 aromatic rings. The van der Waals surface area contributed by atoms with Gasteiger partial charge in [-0.2, -0.15) is 0 Å². The fraction of sp³-hybridized carbons (Fsp3) is 0.222. The van der Waals surface area contributed by atoms with Crippen molar-refractivity contribution in [2.45, 2.75) is 26.9 Å². The molecule has 0 bridgehead atoms. The van der Waals surface area contributed by atoms with Crippen LogP contribution in [-0.2, 0) is 9.53 Å². The van der Waals surface area contributed by atoms with E-state index in [0.29, 0.717) is 5.02 Å². The molecule has 0 aliphatic heterocycles. The predicted octanol–water partition coefficient (Wildman–Crippen LogP) is 4.14. The van der Waals surface area contributed by atoms with Gasteiger partial charge in [0, 0.05) is 5.69 Å². The molecule has 5 heteroatoms.